The molecule has 26 heavy (non-hydrogen) atoms. The van der Waals surface area contributed by atoms with E-state index in [4.69, 9.17) is 5.11 Å². The Bertz CT molecular complexity index is 970. The number of hydrogen-bond donors (Lipinski definition) is 2. The average Bonchev–Trinajstić information content (AvgIpc) is 3.38. The van der Waals surface area contributed by atoms with Crippen LogP contribution in [-0.4, -0.2) is 44.5 Å². The quantitative estimate of drug-likeness (QED) is 0.688. The number of carbonyl (C=O) groups excluding carboxylic acids is 1. The van der Waals surface area contributed by atoms with Crippen molar-refractivity contribution in [1.82, 2.24) is 20.3 Å². The van der Waals surface area contributed by atoms with Gasteiger partial charge in [0.1, 0.15) is 28.0 Å². The summed E-state index contributed by atoms with van der Waals surface area (Å²) >= 11 is 2.77. The maximum Gasteiger partial charge on any atom is 0.355 e. The number of carbonyl (C=O) groups is 2. The number of anilines is 1. The Kier molecular flexibility index (Phi) is 4.51. The van der Waals surface area contributed by atoms with E-state index in [0.717, 1.165) is 35.4 Å². The highest BCUT2D eigenvalue weighted by molar-refractivity contribution is 7.16. The van der Waals surface area contributed by atoms with Crippen LogP contribution in [0.2, 0.25) is 0 Å². The number of aromatic nitrogens is 3. The number of hydrogen-bond acceptors (Lipinski definition) is 8. The molecule has 134 valence electrons. The van der Waals surface area contributed by atoms with E-state index in [1.54, 1.807) is 11.3 Å². The second-order valence-corrected chi connectivity index (χ2v) is 7.67. The lowest BCUT2D eigenvalue weighted by molar-refractivity contribution is -0.122. The first-order chi connectivity index (χ1) is 12.6. The summed E-state index contributed by atoms with van der Waals surface area (Å²) in [6.45, 7) is 0.985. The van der Waals surface area contributed by atoms with Crippen molar-refractivity contribution in [2.24, 2.45) is 0 Å². The zero-order valence-electron chi connectivity index (χ0n) is 13.6. The predicted octanol–water partition coefficient (Wildman–Crippen LogP) is 2.13. The smallest absolute Gasteiger partial charge is 0.355 e. The largest absolute Gasteiger partial charge is 0.476 e. The van der Waals surface area contributed by atoms with Crippen LogP contribution in [0, 0.1) is 0 Å². The number of nitrogens with one attached hydrogen (secondary N) is 1. The minimum atomic E-state index is -1.07. The number of thiophene rings is 1. The Labute approximate surface area is 156 Å². The van der Waals surface area contributed by atoms with Gasteiger partial charge in [-0.3, -0.25) is 4.79 Å². The molecule has 0 aliphatic carbocycles. The van der Waals surface area contributed by atoms with Crippen LogP contribution in [0.25, 0.3) is 10.2 Å². The van der Waals surface area contributed by atoms with Crippen LogP contribution in [-0.2, 0) is 11.3 Å². The molecule has 1 amide bonds. The zero-order valence-corrected chi connectivity index (χ0v) is 15.2. The molecular formula is C16H15N5O3S2. The summed E-state index contributed by atoms with van der Waals surface area (Å²) in [5.41, 5.74) is 0.00239. The second-order valence-electron chi connectivity index (χ2n) is 5.84. The fourth-order valence-corrected chi connectivity index (χ4v) is 4.50. The number of fused-ring (bicyclic) bond motifs is 1. The molecule has 8 nitrogen and oxygen atoms in total. The summed E-state index contributed by atoms with van der Waals surface area (Å²) in [6, 6.07) is 1.68. The van der Waals surface area contributed by atoms with E-state index < -0.39 is 5.97 Å². The van der Waals surface area contributed by atoms with Crippen LogP contribution in [0.15, 0.2) is 23.2 Å². The summed E-state index contributed by atoms with van der Waals surface area (Å²) in [5, 5.41) is 16.8. The summed E-state index contributed by atoms with van der Waals surface area (Å²) in [4.78, 5) is 39.2. The Morgan fingerprint density at radius 1 is 1.35 bits per heavy atom. The lowest BCUT2D eigenvalue weighted by atomic mass is 10.2. The number of aromatic carboxylic acids is 1. The number of rotatable bonds is 5. The van der Waals surface area contributed by atoms with Gasteiger partial charge in [0.15, 0.2) is 5.69 Å². The molecule has 1 atom stereocenters. The first kappa shape index (κ1) is 16.9. The summed E-state index contributed by atoms with van der Waals surface area (Å²) < 4.78 is 0. The first-order valence-electron chi connectivity index (χ1n) is 8.04. The third kappa shape index (κ3) is 3.13. The van der Waals surface area contributed by atoms with Crippen molar-refractivity contribution in [3.05, 3.63) is 33.9 Å². The molecular weight excluding hydrogens is 374 g/mol. The van der Waals surface area contributed by atoms with Gasteiger partial charge in [-0.1, -0.05) is 0 Å². The Morgan fingerprint density at radius 2 is 2.23 bits per heavy atom. The Hall–Kier alpha value is -2.59. The summed E-state index contributed by atoms with van der Waals surface area (Å²) in [7, 11) is 0. The lowest BCUT2D eigenvalue weighted by Crippen LogP contribution is -2.43. The molecule has 0 radical (unpaired) electrons. The molecule has 4 rings (SSSR count). The second kappa shape index (κ2) is 6.96. The summed E-state index contributed by atoms with van der Waals surface area (Å²) in [5.74, 6) is -0.378. The van der Waals surface area contributed by atoms with E-state index in [-0.39, 0.29) is 24.2 Å². The molecule has 1 fully saturated rings. The van der Waals surface area contributed by atoms with E-state index in [1.807, 2.05) is 16.3 Å². The van der Waals surface area contributed by atoms with Crippen LogP contribution in [0.1, 0.15) is 28.3 Å². The zero-order chi connectivity index (χ0) is 18.1. The molecule has 0 aromatic carbocycles. The molecule has 10 heteroatoms. The van der Waals surface area contributed by atoms with E-state index in [0.29, 0.717) is 5.01 Å². The van der Waals surface area contributed by atoms with Crippen molar-refractivity contribution in [2.75, 3.05) is 11.4 Å². The number of amides is 1. The van der Waals surface area contributed by atoms with Gasteiger partial charge in [0.25, 0.3) is 0 Å². The number of carboxylic acid groups (broad SMARTS) is 1. The Balaban J connectivity index is 1.48. The molecule has 2 N–H and O–H groups in total. The minimum absolute atomic E-state index is 0.00239. The molecule has 0 spiro atoms. The highest BCUT2D eigenvalue weighted by Gasteiger charge is 2.32. The van der Waals surface area contributed by atoms with Crippen molar-refractivity contribution in [2.45, 2.75) is 25.4 Å². The fourth-order valence-electron chi connectivity index (χ4n) is 3.07. The van der Waals surface area contributed by atoms with Crippen LogP contribution in [0.3, 0.4) is 0 Å². The molecule has 1 aliphatic rings. The lowest BCUT2D eigenvalue weighted by Gasteiger charge is -2.25. The van der Waals surface area contributed by atoms with Gasteiger partial charge in [0.05, 0.1) is 11.9 Å². The maximum absolute atomic E-state index is 12.7. The van der Waals surface area contributed by atoms with Gasteiger partial charge >= 0.3 is 5.97 Å². The maximum atomic E-state index is 12.7. The highest BCUT2D eigenvalue weighted by atomic mass is 32.1. The molecule has 1 unspecified atom stereocenters. The van der Waals surface area contributed by atoms with E-state index in [1.165, 1.54) is 23.0 Å². The van der Waals surface area contributed by atoms with Gasteiger partial charge in [0.2, 0.25) is 5.91 Å². The normalized spacial score (nSPS) is 16.9. The molecule has 1 saturated heterocycles. The topological polar surface area (TPSA) is 108 Å². The van der Waals surface area contributed by atoms with Gasteiger partial charge in [0, 0.05) is 11.9 Å². The van der Waals surface area contributed by atoms with Gasteiger partial charge in [-0.05, 0) is 24.3 Å². The van der Waals surface area contributed by atoms with E-state index in [2.05, 4.69) is 20.3 Å². The number of carboxylic acids is 1. The standard InChI is InChI=1S/C16H15N5O3S2/c22-14(17-6-12-20-10(7-26-12)16(23)24)11-2-1-4-21(11)13-9-3-5-25-15(9)19-8-18-13/h3,5,7-8,11H,1-2,4,6H2,(H,17,22)(H,23,24). The van der Waals surface area contributed by atoms with Crippen LogP contribution in [0.5, 0.6) is 0 Å². The van der Waals surface area contributed by atoms with Gasteiger partial charge < -0.3 is 15.3 Å². The number of nitrogens with zero attached hydrogens (tertiary/aromatic N) is 4. The molecule has 3 aromatic heterocycles. The summed E-state index contributed by atoms with van der Waals surface area (Å²) in [6.07, 6.45) is 3.19. The van der Waals surface area contributed by atoms with Gasteiger partial charge in [-0.2, -0.15) is 0 Å². The van der Waals surface area contributed by atoms with E-state index in [9.17, 15) is 9.59 Å². The molecule has 0 bridgehead atoms. The van der Waals surface area contributed by atoms with Crippen molar-refractivity contribution < 1.29 is 14.7 Å². The van der Waals surface area contributed by atoms with Crippen molar-refractivity contribution in [1.29, 1.82) is 0 Å². The molecule has 0 saturated carbocycles. The van der Waals surface area contributed by atoms with Gasteiger partial charge in [-0.15, -0.1) is 22.7 Å². The predicted molar refractivity (Wildman–Crippen MR) is 98.7 cm³/mol. The third-order valence-electron chi connectivity index (χ3n) is 4.25. The van der Waals surface area contributed by atoms with Crippen molar-refractivity contribution in [3.63, 3.8) is 0 Å². The first-order valence-corrected chi connectivity index (χ1v) is 9.79. The van der Waals surface area contributed by atoms with Crippen LogP contribution in [0.4, 0.5) is 5.82 Å². The fraction of sp³-hybridized carbons (Fsp3) is 0.312. The Morgan fingerprint density at radius 3 is 3.04 bits per heavy atom. The van der Waals surface area contributed by atoms with Crippen molar-refractivity contribution >= 4 is 50.6 Å². The van der Waals surface area contributed by atoms with Crippen molar-refractivity contribution in [3.8, 4) is 0 Å². The monoisotopic (exact) mass is 389 g/mol. The van der Waals surface area contributed by atoms with E-state index >= 15 is 0 Å². The van der Waals surface area contributed by atoms with Gasteiger partial charge in [-0.25, -0.2) is 19.7 Å². The number of thiazole rings is 1. The molecule has 4 heterocycles. The SMILES string of the molecule is O=C(O)c1csc(CNC(=O)C2CCCN2c2ncnc3sccc23)n1. The minimum Gasteiger partial charge on any atom is -0.476 e. The van der Waals surface area contributed by atoms with Crippen LogP contribution >= 0.6 is 22.7 Å². The average molecular weight is 389 g/mol. The highest BCUT2D eigenvalue weighted by Crippen LogP contribution is 2.31. The molecule has 3 aromatic rings. The third-order valence-corrected chi connectivity index (χ3v) is 5.92. The molecule has 1 aliphatic heterocycles. The van der Waals surface area contributed by atoms with Crippen LogP contribution < -0.4 is 10.2 Å².